The van der Waals surface area contributed by atoms with Gasteiger partial charge in [0, 0.05) is 18.8 Å². The third-order valence-electron chi connectivity index (χ3n) is 2.95. The maximum absolute atomic E-state index is 9.85. The Labute approximate surface area is 118 Å². The van der Waals surface area contributed by atoms with Crippen LogP contribution in [0.2, 0.25) is 0 Å². The van der Waals surface area contributed by atoms with E-state index in [0.717, 1.165) is 12.2 Å². The van der Waals surface area contributed by atoms with Gasteiger partial charge >= 0.3 is 0 Å². The largest absolute Gasteiger partial charge is 0.391 e. The fourth-order valence-corrected chi connectivity index (χ4v) is 1.90. The molecule has 0 aliphatic rings. The van der Waals surface area contributed by atoms with Crippen LogP contribution in [-0.4, -0.2) is 35.9 Å². The summed E-state index contributed by atoms with van der Waals surface area (Å²) in [6, 6.07) is 0. The summed E-state index contributed by atoms with van der Waals surface area (Å²) in [5, 5.41) is 14.3. The van der Waals surface area contributed by atoms with E-state index in [2.05, 4.69) is 33.9 Å². The average Bonchev–Trinajstić information content (AvgIpc) is 2.81. The van der Waals surface area contributed by atoms with E-state index >= 15 is 0 Å². The number of aliphatic hydroxyl groups is 1. The second-order valence-corrected chi connectivity index (χ2v) is 5.28. The predicted molar refractivity (Wildman–Crippen MR) is 75.9 cm³/mol. The van der Waals surface area contributed by atoms with Crippen LogP contribution in [0.1, 0.15) is 33.0 Å². The van der Waals surface area contributed by atoms with Gasteiger partial charge in [-0.3, -0.25) is 4.98 Å². The van der Waals surface area contributed by atoms with Gasteiger partial charge in [-0.25, -0.2) is 14.6 Å². The maximum Gasteiger partial charge on any atom is 0.178 e. The molecule has 1 N–H and O–H groups in total. The molecular formula is C14H21N5O. The van der Waals surface area contributed by atoms with Gasteiger partial charge in [-0.05, 0) is 12.3 Å². The number of hydrogen-bond donors (Lipinski definition) is 1. The summed E-state index contributed by atoms with van der Waals surface area (Å²) in [5.41, 5.74) is 0.679. The zero-order valence-corrected chi connectivity index (χ0v) is 12.2. The lowest BCUT2D eigenvalue weighted by atomic mass is 10.1. The Morgan fingerprint density at radius 2 is 2.10 bits per heavy atom. The highest BCUT2D eigenvalue weighted by atomic mass is 16.3. The predicted octanol–water partition coefficient (Wildman–Crippen LogP) is 1.70. The summed E-state index contributed by atoms with van der Waals surface area (Å²) < 4.78 is 1.73. The van der Waals surface area contributed by atoms with Gasteiger partial charge in [0.15, 0.2) is 11.6 Å². The monoisotopic (exact) mass is 275 g/mol. The second-order valence-electron chi connectivity index (χ2n) is 5.28. The quantitative estimate of drug-likeness (QED) is 0.868. The van der Waals surface area contributed by atoms with Crippen molar-refractivity contribution in [1.29, 1.82) is 0 Å². The first-order valence-corrected chi connectivity index (χ1v) is 6.98. The minimum atomic E-state index is -0.431. The Morgan fingerprint density at radius 3 is 2.70 bits per heavy atom. The van der Waals surface area contributed by atoms with Crippen LogP contribution in [0.4, 0.5) is 0 Å². The molecule has 0 spiro atoms. The van der Waals surface area contributed by atoms with Crippen molar-refractivity contribution >= 4 is 0 Å². The van der Waals surface area contributed by atoms with E-state index in [-0.39, 0.29) is 0 Å². The van der Waals surface area contributed by atoms with E-state index in [9.17, 15) is 5.11 Å². The summed E-state index contributed by atoms with van der Waals surface area (Å²) in [7, 11) is 0. The number of aliphatic hydroxyl groups excluding tert-OH is 1. The molecule has 0 amide bonds. The van der Waals surface area contributed by atoms with Crippen LogP contribution >= 0.6 is 0 Å². The highest BCUT2D eigenvalue weighted by Crippen LogP contribution is 2.16. The van der Waals surface area contributed by atoms with Gasteiger partial charge in [0.1, 0.15) is 5.69 Å². The van der Waals surface area contributed by atoms with Gasteiger partial charge < -0.3 is 5.11 Å². The van der Waals surface area contributed by atoms with Gasteiger partial charge in [-0.2, -0.15) is 5.10 Å². The van der Waals surface area contributed by atoms with Gasteiger partial charge in [0.2, 0.25) is 0 Å². The van der Waals surface area contributed by atoms with Gasteiger partial charge in [0.25, 0.3) is 0 Å². The molecule has 20 heavy (non-hydrogen) atoms. The lowest BCUT2D eigenvalue weighted by molar-refractivity contribution is 0.145. The molecule has 0 aliphatic heterocycles. The van der Waals surface area contributed by atoms with Gasteiger partial charge in [0.05, 0.1) is 18.8 Å². The fraction of sp³-hybridized carbons (Fsp3) is 0.571. The SMILES string of the molecule is CCC(O)Cn1nc(CC(C)C)nc1-c1cnccn1. The summed E-state index contributed by atoms with van der Waals surface area (Å²) in [6.07, 6.45) is 5.98. The number of nitrogens with zero attached hydrogens (tertiary/aromatic N) is 5. The number of rotatable bonds is 6. The first kappa shape index (κ1) is 14.6. The molecule has 6 nitrogen and oxygen atoms in total. The molecule has 0 bridgehead atoms. The van der Waals surface area contributed by atoms with Crippen LogP contribution in [0, 0.1) is 5.92 Å². The highest BCUT2D eigenvalue weighted by Gasteiger charge is 2.16. The van der Waals surface area contributed by atoms with Crippen LogP contribution in [0.25, 0.3) is 11.5 Å². The summed E-state index contributed by atoms with van der Waals surface area (Å²) in [5.74, 6) is 1.93. The van der Waals surface area contributed by atoms with Crippen molar-refractivity contribution in [3.05, 3.63) is 24.4 Å². The standard InChI is InChI=1S/C14H21N5O/c1-4-11(20)9-19-14(12-8-15-5-6-16-12)17-13(18-19)7-10(2)3/h5-6,8,10-11,20H,4,7,9H2,1-3H3. The van der Waals surface area contributed by atoms with E-state index < -0.39 is 6.10 Å². The van der Waals surface area contributed by atoms with Crippen LogP contribution in [0.3, 0.4) is 0 Å². The van der Waals surface area contributed by atoms with Crippen molar-refractivity contribution in [2.75, 3.05) is 0 Å². The minimum absolute atomic E-state index is 0.424. The molecule has 0 fully saturated rings. The molecule has 2 aromatic rings. The lowest BCUT2D eigenvalue weighted by Gasteiger charge is -2.09. The van der Waals surface area contributed by atoms with Gasteiger partial charge in [-0.1, -0.05) is 20.8 Å². The molecule has 108 valence electrons. The third kappa shape index (κ3) is 3.60. The molecule has 0 saturated heterocycles. The van der Waals surface area contributed by atoms with Crippen molar-refractivity contribution in [3.8, 4) is 11.5 Å². The number of hydrogen-bond acceptors (Lipinski definition) is 5. The summed E-state index contributed by atoms with van der Waals surface area (Å²) in [4.78, 5) is 12.9. The lowest BCUT2D eigenvalue weighted by Crippen LogP contribution is -2.17. The Kier molecular flexibility index (Phi) is 4.79. The molecule has 0 radical (unpaired) electrons. The van der Waals surface area contributed by atoms with Gasteiger partial charge in [-0.15, -0.1) is 0 Å². The van der Waals surface area contributed by atoms with Crippen molar-refractivity contribution in [2.24, 2.45) is 5.92 Å². The normalized spacial score (nSPS) is 12.8. The Bertz CT molecular complexity index is 538. The molecule has 0 aromatic carbocycles. The summed E-state index contributed by atoms with van der Waals surface area (Å²) in [6.45, 7) is 6.62. The average molecular weight is 275 g/mol. The first-order valence-electron chi connectivity index (χ1n) is 6.98. The smallest absolute Gasteiger partial charge is 0.178 e. The van der Waals surface area contributed by atoms with Crippen LogP contribution in [0.15, 0.2) is 18.6 Å². The second kappa shape index (κ2) is 6.56. The zero-order valence-electron chi connectivity index (χ0n) is 12.2. The highest BCUT2D eigenvalue weighted by molar-refractivity contribution is 5.47. The molecule has 1 unspecified atom stereocenters. The van der Waals surface area contributed by atoms with Crippen molar-refractivity contribution < 1.29 is 5.11 Å². The molecule has 1 atom stereocenters. The van der Waals surface area contributed by atoms with E-state index in [1.807, 2.05) is 6.92 Å². The number of aromatic nitrogens is 5. The maximum atomic E-state index is 9.85. The molecule has 2 aromatic heterocycles. The van der Waals surface area contributed by atoms with Crippen LogP contribution < -0.4 is 0 Å². The molecule has 0 aliphatic carbocycles. The Morgan fingerprint density at radius 1 is 1.30 bits per heavy atom. The minimum Gasteiger partial charge on any atom is -0.391 e. The van der Waals surface area contributed by atoms with Crippen LogP contribution in [-0.2, 0) is 13.0 Å². The van der Waals surface area contributed by atoms with Crippen molar-refractivity contribution in [3.63, 3.8) is 0 Å². The first-order chi connectivity index (χ1) is 9.60. The van der Waals surface area contributed by atoms with Crippen molar-refractivity contribution in [1.82, 2.24) is 24.7 Å². The van der Waals surface area contributed by atoms with Crippen molar-refractivity contribution in [2.45, 2.75) is 46.3 Å². The van der Waals surface area contributed by atoms with E-state index in [4.69, 9.17) is 0 Å². The molecule has 6 heteroatoms. The topological polar surface area (TPSA) is 76.7 Å². The van der Waals surface area contributed by atoms with Crippen LogP contribution in [0.5, 0.6) is 0 Å². The third-order valence-corrected chi connectivity index (χ3v) is 2.95. The van der Waals surface area contributed by atoms with E-state index in [1.54, 1.807) is 23.3 Å². The Hall–Kier alpha value is -1.82. The Balaban J connectivity index is 2.34. The molecule has 2 heterocycles. The van der Waals surface area contributed by atoms with E-state index in [0.29, 0.717) is 30.4 Å². The molecule has 0 saturated carbocycles. The molecule has 2 rings (SSSR count). The summed E-state index contributed by atoms with van der Waals surface area (Å²) >= 11 is 0. The van der Waals surface area contributed by atoms with E-state index in [1.165, 1.54) is 0 Å². The fourth-order valence-electron chi connectivity index (χ4n) is 1.90. The zero-order chi connectivity index (χ0) is 14.5. The molecular weight excluding hydrogens is 254 g/mol.